The van der Waals surface area contributed by atoms with Gasteiger partial charge in [0.05, 0.1) is 7.11 Å². The Balaban J connectivity index is 1.29. The lowest BCUT2D eigenvalue weighted by atomic mass is 9.44. The summed E-state index contributed by atoms with van der Waals surface area (Å²) < 4.78 is 4.93. The van der Waals surface area contributed by atoms with Gasteiger partial charge in [-0.2, -0.15) is 0 Å². The Morgan fingerprint density at radius 2 is 1.76 bits per heavy atom. The van der Waals surface area contributed by atoms with Crippen LogP contribution in [0.1, 0.15) is 104 Å². The highest BCUT2D eigenvalue weighted by molar-refractivity contribution is 5.69. The lowest BCUT2D eigenvalue weighted by molar-refractivity contribution is -0.141. The summed E-state index contributed by atoms with van der Waals surface area (Å²) in [7, 11) is 3.75. The van der Waals surface area contributed by atoms with E-state index >= 15 is 0 Å². The highest BCUT2D eigenvalue weighted by Gasteiger charge is 2.60. The van der Waals surface area contributed by atoms with Crippen molar-refractivity contribution in [3.05, 3.63) is 0 Å². The number of ether oxygens (including phenoxy) is 1. The highest BCUT2D eigenvalue weighted by atomic mass is 16.5. The topological polar surface area (TPSA) is 67.6 Å². The van der Waals surface area contributed by atoms with Gasteiger partial charge in [0.25, 0.3) is 0 Å². The van der Waals surface area contributed by atoms with Crippen LogP contribution in [-0.2, 0) is 9.53 Å². The first-order chi connectivity index (χ1) is 17.7. The fourth-order valence-corrected chi connectivity index (χ4v) is 10.2. The summed E-state index contributed by atoms with van der Waals surface area (Å²) >= 11 is 0. The molecule has 4 saturated carbocycles. The Labute approximate surface area is 228 Å². The Hall–Kier alpha value is -0.650. The minimum atomic E-state index is -0.0403. The van der Waals surface area contributed by atoms with Gasteiger partial charge in [0, 0.05) is 12.5 Å². The fourth-order valence-electron chi connectivity index (χ4n) is 10.2. The van der Waals surface area contributed by atoms with Gasteiger partial charge in [-0.15, -0.1) is 0 Å². The highest BCUT2D eigenvalue weighted by Crippen LogP contribution is 2.68. The third kappa shape index (κ3) is 6.24. The largest absolute Gasteiger partial charge is 0.469 e. The zero-order valence-electron chi connectivity index (χ0n) is 24.9. The molecule has 0 saturated heterocycles. The molecule has 0 radical (unpaired) electrons. The van der Waals surface area contributed by atoms with Crippen molar-refractivity contribution in [1.82, 2.24) is 10.2 Å². The van der Waals surface area contributed by atoms with Crippen molar-refractivity contribution in [2.45, 2.75) is 110 Å². The molecule has 0 bridgehead atoms. The molecular formula is C32H59N3O2. The molecule has 0 spiro atoms. The lowest BCUT2D eigenvalue weighted by Gasteiger charge is -2.61. The van der Waals surface area contributed by atoms with E-state index in [9.17, 15) is 4.79 Å². The minimum absolute atomic E-state index is 0.0403. The lowest BCUT2D eigenvalue weighted by Crippen LogP contribution is -2.55. The standard InChI is InChI=1S/C32H59N3O2/c1-23(8-13-30(36)37-5)27-11-12-28-26-10-9-24-22-25(34-19-7-21-35(4)20-6-18-33)14-16-31(24,2)29(26)15-17-32(27,28)3/h23-29,34H,6-22,33H2,1-5H3/t23-,24?,25+,26?,27?,28?,29?,31+,32-/m1/s1. The molecule has 0 aromatic heterocycles. The first-order valence-corrected chi connectivity index (χ1v) is 15.9. The summed E-state index contributed by atoms with van der Waals surface area (Å²) in [6.07, 6.45) is 16.7. The van der Waals surface area contributed by atoms with Crippen molar-refractivity contribution in [2.24, 2.45) is 52.1 Å². The van der Waals surface area contributed by atoms with Crippen LogP contribution < -0.4 is 11.1 Å². The minimum Gasteiger partial charge on any atom is -0.469 e. The molecule has 0 aromatic rings. The molecule has 4 aliphatic carbocycles. The number of nitrogens with two attached hydrogens (primary N) is 1. The Morgan fingerprint density at radius 1 is 1.03 bits per heavy atom. The van der Waals surface area contributed by atoms with E-state index in [0.717, 1.165) is 68.1 Å². The van der Waals surface area contributed by atoms with Gasteiger partial charge in [-0.1, -0.05) is 20.8 Å². The van der Waals surface area contributed by atoms with Crippen LogP contribution in [0.25, 0.3) is 0 Å². The second-order valence-electron chi connectivity index (χ2n) is 14.2. The third-order valence-electron chi connectivity index (χ3n) is 12.4. The average molecular weight is 518 g/mol. The summed E-state index contributed by atoms with van der Waals surface area (Å²) in [6, 6.07) is 0.726. The molecule has 5 unspecified atom stereocenters. The van der Waals surface area contributed by atoms with Gasteiger partial charge in [-0.05, 0) is 157 Å². The van der Waals surface area contributed by atoms with Crippen molar-refractivity contribution in [3.8, 4) is 0 Å². The summed E-state index contributed by atoms with van der Waals surface area (Å²) in [5.41, 5.74) is 6.69. The number of carbonyl (C=O) groups is 1. The molecule has 0 aromatic carbocycles. The normalized spacial score (nSPS) is 40.1. The summed E-state index contributed by atoms with van der Waals surface area (Å²) in [5, 5.41) is 3.96. The summed E-state index contributed by atoms with van der Waals surface area (Å²) in [5.74, 6) is 5.05. The van der Waals surface area contributed by atoms with Crippen LogP contribution in [0.4, 0.5) is 0 Å². The Morgan fingerprint density at radius 3 is 2.51 bits per heavy atom. The van der Waals surface area contributed by atoms with Crippen LogP contribution in [0.2, 0.25) is 0 Å². The maximum Gasteiger partial charge on any atom is 0.305 e. The molecule has 0 heterocycles. The second kappa shape index (κ2) is 12.7. The van der Waals surface area contributed by atoms with Gasteiger partial charge in [0.2, 0.25) is 0 Å². The molecule has 0 aliphatic heterocycles. The van der Waals surface area contributed by atoms with E-state index in [0.29, 0.717) is 23.2 Å². The van der Waals surface area contributed by atoms with Crippen molar-refractivity contribution < 1.29 is 9.53 Å². The zero-order valence-corrected chi connectivity index (χ0v) is 24.9. The maximum atomic E-state index is 11.8. The van der Waals surface area contributed by atoms with Crippen LogP contribution in [0.3, 0.4) is 0 Å². The van der Waals surface area contributed by atoms with Crippen molar-refractivity contribution >= 4 is 5.97 Å². The Kier molecular flexibility index (Phi) is 10.1. The number of nitrogens with zero attached hydrogens (tertiary/aromatic N) is 1. The smallest absolute Gasteiger partial charge is 0.305 e. The number of esters is 1. The first kappa shape index (κ1) is 29.3. The number of hydrogen-bond acceptors (Lipinski definition) is 5. The van der Waals surface area contributed by atoms with Crippen LogP contribution in [0.5, 0.6) is 0 Å². The van der Waals surface area contributed by atoms with Gasteiger partial charge in [0.1, 0.15) is 0 Å². The van der Waals surface area contributed by atoms with E-state index in [-0.39, 0.29) is 5.97 Å². The van der Waals surface area contributed by atoms with Gasteiger partial charge >= 0.3 is 5.97 Å². The van der Waals surface area contributed by atoms with Crippen molar-refractivity contribution in [3.63, 3.8) is 0 Å². The molecular weight excluding hydrogens is 458 g/mol. The molecule has 5 heteroatoms. The van der Waals surface area contributed by atoms with Crippen LogP contribution in [0, 0.1) is 46.3 Å². The molecule has 5 nitrogen and oxygen atoms in total. The SMILES string of the molecule is COC(=O)CC[C@@H](C)C1CCC2C3CCC4C[C@@H](NCCCN(C)CCCN)CC[C@]4(C)C3CC[C@@]21C. The molecule has 3 N–H and O–H groups in total. The van der Waals surface area contributed by atoms with Crippen LogP contribution >= 0.6 is 0 Å². The van der Waals surface area contributed by atoms with Crippen LogP contribution in [0.15, 0.2) is 0 Å². The number of rotatable bonds is 12. The van der Waals surface area contributed by atoms with Gasteiger partial charge in [-0.3, -0.25) is 4.79 Å². The van der Waals surface area contributed by atoms with E-state index in [2.05, 4.69) is 38.0 Å². The summed E-state index contributed by atoms with van der Waals surface area (Å²) in [6.45, 7) is 12.0. The van der Waals surface area contributed by atoms with Crippen LogP contribution in [-0.4, -0.2) is 57.2 Å². The molecule has 37 heavy (non-hydrogen) atoms. The Bertz CT molecular complexity index is 746. The number of nitrogens with one attached hydrogen (secondary N) is 1. The van der Waals surface area contributed by atoms with Crippen molar-refractivity contribution in [1.29, 1.82) is 0 Å². The van der Waals surface area contributed by atoms with Gasteiger partial charge in [0.15, 0.2) is 0 Å². The van der Waals surface area contributed by atoms with Gasteiger partial charge < -0.3 is 20.7 Å². The van der Waals surface area contributed by atoms with Gasteiger partial charge in [-0.25, -0.2) is 0 Å². The van der Waals surface area contributed by atoms with E-state index in [1.54, 1.807) is 0 Å². The molecule has 0 amide bonds. The van der Waals surface area contributed by atoms with E-state index < -0.39 is 0 Å². The fraction of sp³-hybridized carbons (Fsp3) is 0.969. The molecule has 4 aliphatic rings. The predicted molar refractivity (Wildman–Crippen MR) is 153 cm³/mol. The van der Waals surface area contributed by atoms with Crippen molar-refractivity contribution in [2.75, 3.05) is 40.3 Å². The first-order valence-electron chi connectivity index (χ1n) is 15.9. The number of fused-ring (bicyclic) bond motifs is 5. The maximum absolute atomic E-state index is 11.8. The molecule has 9 atom stereocenters. The number of hydrogen-bond donors (Lipinski definition) is 2. The predicted octanol–water partition coefficient (Wildman–Crippen LogP) is 5.86. The molecule has 4 fully saturated rings. The average Bonchev–Trinajstić information content (AvgIpc) is 3.25. The quantitative estimate of drug-likeness (QED) is 0.251. The van der Waals surface area contributed by atoms with E-state index in [4.69, 9.17) is 10.5 Å². The molecule has 4 rings (SSSR count). The number of methoxy groups -OCH3 is 1. The third-order valence-corrected chi connectivity index (χ3v) is 12.4. The van der Waals surface area contributed by atoms with E-state index in [1.165, 1.54) is 77.9 Å². The monoisotopic (exact) mass is 517 g/mol. The zero-order chi connectivity index (χ0) is 26.6. The second-order valence-corrected chi connectivity index (χ2v) is 14.2. The molecule has 214 valence electrons. The summed E-state index contributed by atoms with van der Waals surface area (Å²) in [4.78, 5) is 14.2. The number of carbonyl (C=O) groups excluding carboxylic acids is 1. The van der Waals surface area contributed by atoms with E-state index in [1.807, 2.05) is 0 Å².